The van der Waals surface area contributed by atoms with Crippen molar-refractivity contribution in [3.8, 4) is 11.4 Å². The molecule has 1 fully saturated rings. The highest BCUT2D eigenvalue weighted by Crippen LogP contribution is 2.39. The molecular formula is C27H23F2N5O3. The summed E-state index contributed by atoms with van der Waals surface area (Å²) < 4.78 is 31.3. The first-order valence-corrected chi connectivity index (χ1v) is 12.0. The van der Waals surface area contributed by atoms with E-state index in [4.69, 9.17) is 4.74 Å². The van der Waals surface area contributed by atoms with Crippen LogP contribution in [-0.4, -0.2) is 44.5 Å². The molecule has 2 N–H and O–H groups in total. The van der Waals surface area contributed by atoms with E-state index in [1.165, 1.54) is 0 Å². The van der Waals surface area contributed by atoms with Crippen molar-refractivity contribution in [2.45, 2.75) is 37.8 Å². The number of rotatable bonds is 4. The smallest absolute Gasteiger partial charge is 0.410 e. The highest BCUT2D eigenvalue weighted by molar-refractivity contribution is 5.85. The summed E-state index contributed by atoms with van der Waals surface area (Å²) in [5, 5.41) is 4.70. The van der Waals surface area contributed by atoms with E-state index < -0.39 is 31.0 Å². The minimum absolute atomic E-state index is 0.135. The van der Waals surface area contributed by atoms with E-state index >= 15 is 0 Å². The predicted molar refractivity (Wildman–Crippen MR) is 134 cm³/mol. The molecule has 1 amide bonds. The molecule has 0 unspecified atom stereocenters. The molecule has 0 saturated heterocycles. The average Bonchev–Trinajstić information content (AvgIpc) is 2.87. The number of alkyl halides is 2. The Hall–Kier alpha value is -4.34. The van der Waals surface area contributed by atoms with Crippen molar-refractivity contribution in [1.29, 1.82) is 0 Å². The largest absolute Gasteiger partial charge is 0.446 e. The summed E-state index contributed by atoms with van der Waals surface area (Å²) in [7, 11) is 0. The van der Waals surface area contributed by atoms with Crippen molar-refractivity contribution < 1.29 is 18.3 Å². The van der Waals surface area contributed by atoms with Gasteiger partial charge in [-0.05, 0) is 59.3 Å². The number of H-pyrrole nitrogens is 1. The van der Waals surface area contributed by atoms with Crippen LogP contribution in [0.15, 0.2) is 65.7 Å². The van der Waals surface area contributed by atoms with Crippen LogP contribution in [0.1, 0.15) is 24.0 Å². The van der Waals surface area contributed by atoms with E-state index in [9.17, 15) is 18.4 Å². The molecule has 10 heteroatoms. The van der Waals surface area contributed by atoms with Gasteiger partial charge >= 0.3 is 6.09 Å². The summed E-state index contributed by atoms with van der Waals surface area (Å²) in [5.74, 6) is -1.55. The summed E-state index contributed by atoms with van der Waals surface area (Å²) in [4.78, 5) is 37.6. The highest BCUT2D eigenvalue weighted by atomic mass is 19.3. The maximum atomic E-state index is 13.0. The van der Waals surface area contributed by atoms with Gasteiger partial charge in [0.05, 0.1) is 0 Å². The van der Waals surface area contributed by atoms with Crippen molar-refractivity contribution in [3.05, 3.63) is 82.4 Å². The molecule has 188 valence electrons. The van der Waals surface area contributed by atoms with Gasteiger partial charge in [0.1, 0.15) is 11.9 Å². The van der Waals surface area contributed by atoms with Crippen molar-refractivity contribution in [2.75, 3.05) is 11.9 Å². The molecule has 2 aliphatic rings. The third kappa shape index (κ3) is 4.74. The Kier molecular flexibility index (Phi) is 5.58. The van der Waals surface area contributed by atoms with Crippen LogP contribution in [0, 0.1) is 0 Å². The zero-order valence-electron chi connectivity index (χ0n) is 19.7. The Morgan fingerprint density at radius 3 is 2.81 bits per heavy atom. The Bertz CT molecular complexity index is 1560. The number of amides is 1. The van der Waals surface area contributed by atoms with E-state index in [0.29, 0.717) is 36.5 Å². The van der Waals surface area contributed by atoms with Gasteiger partial charge in [0.2, 0.25) is 0 Å². The highest BCUT2D eigenvalue weighted by Gasteiger charge is 2.48. The van der Waals surface area contributed by atoms with Gasteiger partial charge in [-0.25, -0.2) is 23.5 Å². The molecule has 1 saturated carbocycles. The fourth-order valence-corrected chi connectivity index (χ4v) is 4.74. The van der Waals surface area contributed by atoms with Crippen LogP contribution in [0.2, 0.25) is 0 Å². The molecule has 0 radical (unpaired) electrons. The maximum Gasteiger partial charge on any atom is 0.410 e. The molecule has 37 heavy (non-hydrogen) atoms. The first-order chi connectivity index (χ1) is 17.8. The van der Waals surface area contributed by atoms with Crippen molar-refractivity contribution in [1.82, 2.24) is 19.9 Å². The number of aromatic nitrogens is 3. The van der Waals surface area contributed by atoms with Crippen LogP contribution < -0.4 is 10.9 Å². The lowest BCUT2D eigenvalue weighted by Crippen LogP contribution is -2.46. The summed E-state index contributed by atoms with van der Waals surface area (Å²) in [6, 6.07) is 14.9. The fraction of sp³-hybridized carbons (Fsp3) is 0.259. The number of nitrogens with one attached hydrogen (secondary N) is 2. The third-order valence-electron chi connectivity index (χ3n) is 6.76. The summed E-state index contributed by atoms with van der Waals surface area (Å²) >= 11 is 0. The Labute approximate surface area is 210 Å². The lowest BCUT2D eigenvalue weighted by atomic mass is 9.91. The van der Waals surface area contributed by atoms with Gasteiger partial charge in [-0.15, -0.1) is 0 Å². The topological polar surface area (TPSA) is 100 Å². The van der Waals surface area contributed by atoms with Crippen molar-refractivity contribution >= 4 is 28.4 Å². The monoisotopic (exact) mass is 503 g/mol. The normalized spacial score (nSPS) is 16.6. The standard InChI is InChI=1S/C27H23F2N5O3/c28-27(29)13-21(14-27)37-26(36)34-10-7-16-11-18(1-2-19(16)15-34)24-30-9-6-23(33-24)32-20-3-4-22-17(12-20)5-8-31-25(22)35/h1-6,8-9,11-12,21H,7,10,13-15H2,(H,31,35)(H,30,32,33). The molecule has 2 aromatic carbocycles. The Morgan fingerprint density at radius 2 is 1.97 bits per heavy atom. The number of aromatic amines is 1. The van der Waals surface area contributed by atoms with Gasteiger partial charge in [-0.1, -0.05) is 12.1 Å². The molecule has 4 aromatic rings. The maximum absolute atomic E-state index is 13.0. The number of carbonyl (C=O) groups is 1. The molecule has 8 nitrogen and oxygen atoms in total. The predicted octanol–water partition coefficient (Wildman–Crippen LogP) is 5.02. The lowest BCUT2D eigenvalue weighted by molar-refractivity contribution is -0.148. The van der Waals surface area contributed by atoms with Gasteiger partial charge < -0.3 is 19.9 Å². The second kappa shape index (κ2) is 8.95. The number of hydrogen-bond donors (Lipinski definition) is 2. The van der Waals surface area contributed by atoms with Crippen LogP contribution in [0.3, 0.4) is 0 Å². The molecule has 6 rings (SSSR count). The summed E-state index contributed by atoms with van der Waals surface area (Å²) in [5.41, 5.74) is 3.57. The van der Waals surface area contributed by atoms with E-state index in [0.717, 1.165) is 27.8 Å². The molecule has 0 spiro atoms. The Balaban J connectivity index is 1.15. The molecule has 1 aliphatic carbocycles. The quantitative estimate of drug-likeness (QED) is 0.406. The number of pyridine rings is 1. The zero-order valence-corrected chi connectivity index (χ0v) is 19.7. The first-order valence-electron chi connectivity index (χ1n) is 12.0. The fourth-order valence-electron chi connectivity index (χ4n) is 4.74. The molecule has 2 aromatic heterocycles. The van der Waals surface area contributed by atoms with Gasteiger partial charge in [0.15, 0.2) is 5.82 Å². The van der Waals surface area contributed by atoms with Crippen LogP contribution in [0.25, 0.3) is 22.2 Å². The minimum Gasteiger partial charge on any atom is -0.446 e. The average molecular weight is 504 g/mol. The van der Waals surface area contributed by atoms with Gasteiger partial charge in [0.25, 0.3) is 11.5 Å². The SMILES string of the molecule is O=C(OC1CC(F)(F)C1)N1CCc2cc(-c3nccc(Nc4ccc5c(=O)[nH]ccc5c4)n3)ccc2C1. The number of hydrogen-bond acceptors (Lipinski definition) is 6. The van der Waals surface area contributed by atoms with E-state index in [1.54, 1.807) is 29.4 Å². The van der Waals surface area contributed by atoms with Crippen LogP contribution in [0.5, 0.6) is 0 Å². The van der Waals surface area contributed by atoms with Crippen molar-refractivity contribution in [2.24, 2.45) is 0 Å². The minimum atomic E-state index is -2.72. The van der Waals surface area contributed by atoms with Gasteiger partial charge in [0, 0.05) is 55.0 Å². The first kappa shape index (κ1) is 23.1. The van der Waals surface area contributed by atoms with Crippen LogP contribution in [0.4, 0.5) is 25.1 Å². The molecule has 3 heterocycles. The molecule has 0 atom stereocenters. The Morgan fingerprint density at radius 1 is 1.11 bits per heavy atom. The number of nitrogens with zero attached hydrogens (tertiary/aromatic N) is 3. The lowest BCUT2D eigenvalue weighted by Gasteiger charge is -2.36. The third-order valence-corrected chi connectivity index (χ3v) is 6.76. The van der Waals surface area contributed by atoms with E-state index in [1.807, 2.05) is 36.4 Å². The van der Waals surface area contributed by atoms with Gasteiger partial charge in [-0.3, -0.25) is 4.79 Å². The van der Waals surface area contributed by atoms with Crippen LogP contribution in [-0.2, 0) is 17.7 Å². The molecule has 0 bridgehead atoms. The summed E-state index contributed by atoms with van der Waals surface area (Å²) in [6.45, 7) is 0.816. The van der Waals surface area contributed by atoms with E-state index in [-0.39, 0.29) is 5.56 Å². The molecule has 1 aliphatic heterocycles. The van der Waals surface area contributed by atoms with Crippen LogP contribution >= 0.6 is 0 Å². The zero-order chi connectivity index (χ0) is 25.6. The number of benzene rings is 2. The molecular weight excluding hydrogens is 480 g/mol. The van der Waals surface area contributed by atoms with Gasteiger partial charge in [-0.2, -0.15) is 0 Å². The number of halogens is 2. The van der Waals surface area contributed by atoms with Crippen molar-refractivity contribution in [3.63, 3.8) is 0 Å². The second-order valence-corrected chi connectivity index (χ2v) is 9.42. The van der Waals surface area contributed by atoms with E-state index in [2.05, 4.69) is 20.3 Å². The number of ether oxygens (including phenoxy) is 1. The number of anilines is 2. The number of carbonyl (C=O) groups excluding carboxylic acids is 1. The second-order valence-electron chi connectivity index (χ2n) is 9.42. The summed E-state index contributed by atoms with van der Waals surface area (Å²) in [6.07, 6.45) is 1.86. The number of fused-ring (bicyclic) bond motifs is 2.